The first-order chi connectivity index (χ1) is 9.83. The Bertz CT molecular complexity index is 563. The topological polar surface area (TPSA) is 29.5 Å². The Labute approximate surface area is 120 Å². The molecule has 0 saturated heterocycles. The van der Waals surface area contributed by atoms with Gasteiger partial charge in [0.2, 0.25) is 0 Å². The van der Waals surface area contributed by atoms with Crippen LogP contribution >= 0.6 is 0 Å². The van der Waals surface area contributed by atoms with Gasteiger partial charge in [0, 0.05) is 0 Å². The van der Waals surface area contributed by atoms with Crippen LogP contribution in [0.4, 0.5) is 0 Å². The van der Waals surface area contributed by atoms with E-state index in [0.717, 1.165) is 24.8 Å². The van der Waals surface area contributed by atoms with Gasteiger partial charge >= 0.3 is 0 Å². The number of hydrogen-bond donors (Lipinski definition) is 1. The number of aliphatic hydroxyl groups is 1. The van der Waals surface area contributed by atoms with E-state index in [-0.39, 0.29) is 6.10 Å². The maximum Gasteiger partial charge on any atom is 0.0790 e. The lowest BCUT2D eigenvalue weighted by atomic mass is 9.98. The Morgan fingerprint density at radius 3 is 2.65 bits per heavy atom. The first-order valence-electron chi connectivity index (χ1n) is 7.24. The number of ether oxygens (including phenoxy) is 1. The molecule has 0 radical (unpaired) electrons. The van der Waals surface area contributed by atoms with Gasteiger partial charge in [0.1, 0.15) is 0 Å². The summed E-state index contributed by atoms with van der Waals surface area (Å²) in [5.41, 5.74) is 4.83. The number of benzene rings is 2. The molecule has 1 aliphatic rings. The molecule has 1 heterocycles. The quantitative estimate of drug-likeness (QED) is 0.894. The molecular formula is C18H20O2. The lowest BCUT2D eigenvalue weighted by Crippen LogP contribution is -2.00. The molecule has 1 N–H and O–H groups in total. The van der Waals surface area contributed by atoms with Crippen molar-refractivity contribution in [3.8, 4) is 0 Å². The monoisotopic (exact) mass is 268 g/mol. The number of fused-ring (bicyclic) bond motifs is 1. The third-order valence-corrected chi connectivity index (χ3v) is 3.92. The molecule has 3 rings (SSSR count). The summed E-state index contributed by atoms with van der Waals surface area (Å²) in [5, 5.41) is 10.3. The van der Waals surface area contributed by atoms with Gasteiger partial charge in [-0.05, 0) is 41.5 Å². The van der Waals surface area contributed by atoms with E-state index in [4.69, 9.17) is 4.74 Å². The second-order valence-corrected chi connectivity index (χ2v) is 5.41. The molecule has 1 atom stereocenters. The highest BCUT2D eigenvalue weighted by molar-refractivity contribution is 5.34. The number of aliphatic hydroxyl groups excluding tert-OH is 1. The van der Waals surface area contributed by atoms with Crippen LogP contribution in [0, 0.1) is 0 Å². The standard InChI is InChI=1S/C18H20O2/c19-18(8-4-7-14-5-2-1-3-6-14)15-9-10-16-12-20-13-17(16)11-15/h1-3,5-6,9-11,18-19H,4,7-8,12-13H2. The fourth-order valence-corrected chi connectivity index (χ4v) is 2.71. The minimum Gasteiger partial charge on any atom is -0.388 e. The van der Waals surface area contributed by atoms with Gasteiger partial charge < -0.3 is 9.84 Å². The molecule has 104 valence electrons. The van der Waals surface area contributed by atoms with Gasteiger partial charge in [-0.2, -0.15) is 0 Å². The SMILES string of the molecule is OC(CCCc1ccccc1)c1ccc2c(c1)COC2. The molecule has 0 spiro atoms. The van der Waals surface area contributed by atoms with Crippen molar-refractivity contribution in [2.24, 2.45) is 0 Å². The summed E-state index contributed by atoms with van der Waals surface area (Å²) >= 11 is 0. The lowest BCUT2D eigenvalue weighted by Gasteiger charge is -2.12. The molecule has 1 aliphatic heterocycles. The summed E-state index contributed by atoms with van der Waals surface area (Å²) in [6, 6.07) is 16.6. The van der Waals surface area contributed by atoms with Crippen molar-refractivity contribution in [2.75, 3.05) is 0 Å². The van der Waals surface area contributed by atoms with Crippen LogP contribution in [-0.4, -0.2) is 5.11 Å². The van der Waals surface area contributed by atoms with E-state index in [1.54, 1.807) is 0 Å². The maximum atomic E-state index is 10.3. The van der Waals surface area contributed by atoms with Crippen LogP contribution in [-0.2, 0) is 24.4 Å². The molecule has 0 saturated carbocycles. The van der Waals surface area contributed by atoms with Crippen LogP contribution in [0.3, 0.4) is 0 Å². The van der Waals surface area contributed by atoms with Crippen molar-refractivity contribution in [1.29, 1.82) is 0 Å². The molecule has 0 aliphatic carbocycles. The molecule has 0 fully saturated rings. The van der Waals surface area contributed by atoms with E-state index in [2.05, 4.69) is 36.4 Å². The molecule has 2 aromatic rings. The zero-order valence-electron chi connectivity index (χ0n) is 11.6. The van der Waals surface area contributed by atoms with Gasteiger partial charge in [-0.3, -0.25) is 0 Å². The minimum absolute atomic E-state index is 0.371. The van der Waals surface area contributed by atoms with E-state index < -0.39 is 0 Å². The Hall–Kier alpha value is -1.64. The first kappa shape index (κ1) is 13.3. The highest BCUT2D eigenvalue weighted by Crippen LogP contribution is 2.26. The molecule has 0 aromatic heterocycles. The average Bonchev–Trinajstić information content (AvgIpc) is 2.95. The Morgan fingerprint density at radius 1 is 1.00 bits per heavy atom. The molecule has 0 bridgehead atoms. The van der Waals surface area contributed by atoms with Crippen LogP contribution in [0.15, 0.2) is 48.5 Å². The third kappa shape index (κ3) is 3.09. The normalized spacial score (nSPS) is 15.1. The molecular weight excluding hydrogens is 248 g/mol. The smallest absolute Gasteiger partial charge is 0.0790 e. The summed E-state index contributed by atoms with van der Waals surface area (Å²) in [6.45, 7) is 1.39. The fraction of sp³-hybridized carbons (Fsp3) is 0.333. The Kier molecular flexibility index (Phi) is 4.14. The lowest BCUT2D eigenvalue weighted by molar-refractivity contribution is 0.134. The van der Waals surface area contributed by atoms with Gasteiger partial charge in [0.25, 0.3) is 0 Å². The second kappa shape index (κ2) is 6.21. The Morgan fingerprint density at radius 2 is 1.80 bits per heavy atom. The molecule has 0 amide bonds. The highest BCUT2D eigenvalue weighted by atomic mass is 16.5. The first-order valence-corrected chi connectivity index (χ1v) is 7.24. The van der Waals surface area contributed by atoms with Crippen molar-refractivity contribution >= 4 is 0 Å². The molecule has 2 aromatic carbocycles. The van der Waals surface area contributed by atoms with Gasteiger partial charge in [0.05, 0.1) is 19.3 Å². The molecule has 2 nitrogen and oxygen atoms in total. The maximum absolute atomic E-state index is 10.3. The molecule has 2 heteroatoms. The summed E-state index contributed by atoms with van der Waals surface area (Å²) in [6.07, 6.45) is 2.45. The van der Waals surface area contributed by atoms with Crippen molar-refractivity contribution in [2.45, 2.75) is 38.6 Å². The van der Waals surface area contributed by atoms with Gasteiger partial charge in [-0.25, -0.2) is 0 Å². The average molecular weight is 268 g/mol. The van der Waals surface area contributed by atoms with E-state index >= 15 is 0 Å². The number of rotatable bonds is 5. The summed E-state index contributed by atoms with van der Waals surface area (Å²) in [7, 11) is 0. The predicted molar refractivity (Wildman–Crippen MR) is 79.3 cm³/mol. The molecule has 20 heavy (non-hydrogen) atoms. The van der Waals surface area contributed by atoms with Gasteiger partial charge in [0.15, 0.2) is 0 Å². The molecule has 1 unspecified atom stereocenters. The van der Waals surface area contributed by atoms with Crippen molar-refractivity contribution in [3.63, 3.8) is 0 Å². The van der Waals surface area contributed by atoms with Crippen LogP contribution in [0.25, 0.3) is 0 Å². The van der Waals surface area contributed by atoms with Crippen molar-refractivity contribution in [1.82, 2.24) is 0 Å². The highest BCUT2D eigenvalue weighted by Gasteiger charge is 2.14. The summed E-state index contributed by atoms with van der Waals surface area (Å²) in [5.74, 6) is 0. The van der Waals surface area contributed by atoms with Gasteiger partial charge in [-0.15, -0.1) is 0 Å². The summed E-state index contributed by atoms with van der Waals surface area (Å²) in [4.78, 5) is 0. The van der Waals surface area contributed by atoms with Crippen LogP contribution in [0.2, 0.25) is 0 Å². The zero-order valence-corrected chi connectivity index (χ0v) is 11.6. The van der Waals surface area contributed by atoms with Crippen LogP contribution in [0.1, 0.15) is 41.2 Å². The second-order valence-electron chi connectivity index (χ2n) is 5.41. The number of hydrogen-bond acceptors (Lipinski definition) is 2. The van der Waals surface area contributed by atoms with Crippen molar-refractivity contribution in [3.05, 3.63) is 70.8 Å². The fourth-order valence-electron chi connectivity index (χ4n) is 2.71. The number of aryl methyl sites for hydroxylation is 1. The van der Waals surface area contributed by atoms with Crippen LogP contribution < -0.4 is 0 Å². The van der Waals surface area contributed by atoms with Crippen LogP contribution in [0.5, 0.6) is 0 Å². The van der Waals surface area contributed by atoms with E-state index in [1.807, 2.05) is 12.1 Å². The summed E-state index contributed by atoms with van der Waals surface area (Å²) < 4.78 is 5.41. The third-order valence-electron chi connectivity index (χ3n) is 3.92. The minimum atomic E-state index is -0.371. The van der Waals surface area contributed by atoms with E-state index in [9.17, 15) is 5.11 Å². The van der Waals surface area contributed by atoms with Gasteiger partial charge in [-0.1, -0.05) is 48.5 Å². The zero-order chi connectivity index (χ0) is 13.8. The van der Waals surface area contributed by atoms with E-state index in [0.29, 0.717) is 13.2 Å². The predicted octanol–water partition coefficient (Wildman–Crippen LogP) is 3.77. The largest absolute Gasteiger partial charge is 0.388 e. The Balaban J connectivity index is 1.55. The van der Waals surface area contributed by atoms with Crippen molar-refractivity contribution < 1.29 is 9.84 Å². The van der Waals surface area contributed by atoms with E-state index in [1.165, 1.54) is 16.7 Å².